The maximum atomic E-state index is 11.8. The first-order valence-corrected chi connectivity index (χ1v) is 6.89. The van der Waals surface area contributed by atoms with Crippen LogP contribution in [0.1, 0.15) is 12.5 Å². The Morgan fingerprint density at radius 1 is 0.952 bits per heavy atom. The summed E-state index contributed by atoms with van der Waals surface area (Å²) in [4.78, 5) is 11.8. The van der Waals surface area contributed by atoms with Gasteiger partial charge in [0.1, 0.15) is 11.5 Å². The third-order valence-electron chi connectivity index (χ3n) is 2.84. The highest BCUT2D eigenvalue weighted by Gasteiger charge is 2.04. The van der Waals surface area contributed by atoms with Gasteiger partial charge in [0.2, 0.25) is 0 Å². The number of carbonyl (C=O) groups excluding carboxylic acids is 1. The van der Waals surface area contributed by atoms with Gasteiger partial charge in [0, 0.05) is 5.69 Å². The SMILES string of the molecule is CCOc1ccc(OCC(=O)Nc2ccc(C)cc2)cc1. The van der Waals surface area contributed by atoms with Crippen molar-refractivity contribution in [1.29, 1.82) is 0 Å². The lowest BCUT2D eigenvalue weighted by molar-refractivity contribution is -0.118. The molecule has 0 fully saturated rings. The van der Waals surface area contributed by atoms with Crippen LogP contribution in [-0.2, 0) is 4.79 Å². The second kappa shape index (κ2) is 7.33. The van der Waals surface area contributed by atoms with E-state index in [4.69, 9.17) is 9.47 Å². The Bertz CT molecular complexity index is 576. The van der Waals surface area contributed by atoms with Crippen LogP contribution in [0.2, 0.25) is 0 Å². The zero-order valence-electron chi connectivity index (χ0n) is 12.3. The molecule has 2 aromatic carbocycles. The van der Waals surface area contributed by atoms with Gasteiger partial charge in [-0.25, -0.2) is 0 Å². The van der Waals surface area contributed by atoms with Gasteiger partial charge < -0.3 is 14.8 Å². The zero-order valence-corrected chi connectivity index (χ0v) is 12.3. The van der Waals surface area contributed by atoms with E-state index in [-0.39, 0.29) is 12.5 Å². The highest BCUT2D eigenvalue weighted by molar-refractivity contribution is 5.91. The summed E-state index contributed by atoms with van der Waals surface area (Å²) in [6.45, 7) is 4.53. The van der Waals surface area contributed by atoms with E-state index in [0.717, 1.165) is 17.0 Å². The summed E-state index contributed by atoms with van der Waals surface area (Å²) >= 11 is 0. The first-order chi connectivity index (χ1) is 10.2. The zero-order chi connectivity index (χ0) is 15.1. The van der Waals surface area contributed by atoms with Gasteiger partial charge in [0.15, 0.2) is 6.61 Å². The van der Waals surface area contributed by atoms with E-state index >= 15 is 0 Å². The Hall–Kier alpha value is -2.49. The Balaban J connectivity index is 1.81. The predicted molar refractivity (Wildman–Crippen MR) is 82.9 cm³/mol. The molecule has 0 aromatic heterocycles. The molecular weight excluding hydrogens is 266 g/mol. The molecule has 0 bridgehead atoms. The summed E-state index contributed by atoms with van der Waals surface area (Å²) in [5.74, 6) is 1.24. The number of anilines is 1. The molecule has 0 aliphatic heterocycles. The van der Waals surface area contributed by atoms with Crippen LogP contribution in [0.15, 0.2) is 48.5 Å². The summed E-state index contributed by atoms with van der Waals surface area (Å²) in [5, 5.41) is 2.78. The molecule has 2 rings (SSSR count). The van der Waals surface area contributed by atoms with Crippen LogP contribution in [-0.4, -0.2) is 19.1 Å². The minimum Gasteiger partial charge on any atom is -0.494 e. The average Bonchev–Trinajstić information content (AvgIpc) is 2.49. The Labute approximate surface area is 124 Å². The lowest BCUT2D eigenvalue weighted by Gasteiger charge is -2.08. The molecule has 110 valence electrons. The van der Waals surface area contributed by atoms with Crippen molar-refractivity contribution in [2.45, 2.75) is 13.8 Å². The molecule has 0 aliphatic rings. The van der Waals surface area contributed by atoms with Gasteiger partial charge in [0.05, 0.1) is 6.61 Å². The first-order valence-electron chi connectivity index (χ1n) is 6.89. The van der Waals surface area contributed by atoms with Crippen LogP contribution in [0, 0.1) is 6.92 Å². The molecule has 0 aliphatic carbocycles. The molecule has 0 saturated carbocycles. The van der Waals surface area contributed by atoms with Crippen molar-refractivity contribution in [3.05, 3.63) is 54.1 Å². The van der Waals surface area contributed by atoms with Gasteiger partial charge in [0.25, 0.3) is 5.91 Å². The van der Waals surface area contributed by atoms with Crippen LogP contribution < -0.4 is 14.8 Å². The molecule has 21 heavy (non-hydrogen) atoms. The Morgan fingerprint density at radius 2 is 1.52 bits per heavy atom. The molecule has 0 radical (unpaired) electrons. The minimum absolute atomic E-state index is 0.0259. The largest absolute Gasteiger partial charge is 0.494 e. The number of hydrogen-bond acceptors (Lipinski definition) is 3. The highest BCUT2D eigenvalue weighted by atomic mass is 16.5. The molecule has 0 atom stereocenters. The van der Waals surface area contributed by atoms with E-state index < -0.39 is 0 Å². The molecule has 0 unspecified atom stereocenters. The van der Waals surface area contributed by atoms with Crippen LogP contribution in [0.3, 0.4) is 0 Å². The van der Waals surface area contributed by atoms with E-state index in [9.17, 15) is 4.79 Å². The maximum Gasteiger partial charge on any atom is 0.262 e. The number of aryl methyl sites for hydroxylation is 1. The van der Waals surface area contributed by atoms with E-state index in [1.165, 1.54) is 0 Å². The van der Waals surface area contributed by atoms with Gasteiger partial charge in [-0.3, -0.25) is 4.79 Å². The van der Waals surface area contributed by atoms with Crippen LogP contribution in [0.25, 0.3) is 0 Å². The summed E-state index contributed by atoms with van der Waals surface area (Å²) in [6, 6.07) is 14.8. The molecule has 4 heteroatoms. The average molecular weight is 285 g/mol. The molecular formula is C17H19NO3. The molecule has 2 aromatic rings. The van der Waals surface area contributed by atoms with Crippen molar-refractivity contribution in [2.24, 2.45) is 0 Å². The number of nitrogens with one attached hydrogen (secondary N) is 1. The molecule has 0 saturated heterocycles. The number of ether oxygens (including phenoxy) is 2. The molecule has 4 nitrogen and oxygen atoms in total. The lowest BCUT2D eigenvalue weighted by atomic mass is 10.2. The molecule has 1 amide bonds. The fourth-order valence-electron chi connectivity index (χ4n) is 1.78. The van der Waals surface area contributed by atoms with Crippen molar-refractivity contribution in [1.82, 2.24) is 0 Å². The van der Waals surface area contributed by atoms with E-state index in [1.54, 1.807) is 12.1 Å². The smallest absolute Gasteiger partial charge is 0.262 e. The number of amides is 1. The molecule has 1 N–H and O–H groups in total. The summed E-state index contributed by atoms with van der Waals surface area (Å²) < 4.78 is 10.8. The second-order valence-electron chi connectivity index (χ2n) is 4.61. The van der Waals surface area contributed by atoms with Crippen LogP contribution in [0.4, 0.5) is 5.69 Å². The number of benzene rings is 2. The van der Waals surface area contributed by atoms with Crippen molar-refractivity contribution in [3.63, 3.8) is 0 Å². The third-order valence-corrected chi connectivity index (χ3v) is 2.84. The van der Waals surface area contributed by atoms with E-state index in [1.807, 2.05) is 50.2 Å². The van der Waals surface area contributed by atoms with Gasteiger partial charge >= 0.3 is 0 Å². The predicted octanol–water partition coefficient (Wildman–Crippen LogP) is 3.41. The molecule has 0 spiro atoms. The minimum atomic E-state index is -0.187. The van der Waals surface area contributed by atoms with Crippen molar-refractivity contribution < 1.29 is 14.3 Å². The fourth-order valence-corrected chi connectivity index (χ4v) is 1.78. The summed E-state index contributed by atoms with van der Waals surface area (Å²) in [7, 11) is 0. The quantitative estimate of drug-likeness (QED) is 0.884. The van der Waals surface area contributed by atoms with E-state index in [0.29, 0.717) is 12.4 Å². The second-order valence-corrected chi connectivity index (χ2v) is 4.61. The van der Waals surface area contributed by atoms with Crippen LogP contribution in [0.5, 0.6) is 11.5 Å². The summed E-state index contributed by atoms with van der Waals surface area (Å²) in [5.41, 5.74) is 1.92. The first kappa shape index (κ1) is 14.9. The monoisotopic (exact) mass is 285 g/mol. The van der Waals surface area contributed by atoms with Crippen molar-refractivity contribution in [2.75, 3.05) is 18.5 Å². The van der Waals surface area contributed by atoms with Crippen molar-refractivity contribution in [3.8, 4) is 11.5 Å². The number of hydrogen-bond donors (Lipinski definition) is 1. The third kappa shape index (κ3) is 4.84. The Kier molecular flexibility index (Phi) is 5.21. The lowest BCUT2D eigenvalue weighted by Crippen LogP contribution is -2.20. The van der Waals surface area contributed by atoms with Crippen molar-refractivity contribution >= 4 is 11.6 Å². The maximum absolute atomic E-state index is 11.8. The molecule has 0 heterocycles. The van der Waals surface area contributed by atoms with Gasteiger partial charge in [-0.05, 0) is 50.2 Å². The topological polar surface area (TPSA) is 47.6 Å². The standard InChI is InChI=1S/C17H19NO3/c1-3-20-15-8-10-16(11-9-15)21-12-17(19)18-14-6-4-13(2)5-7-14/h4-11H,3,12H2,1-2H3,(H,18,19). The summed E-state index contributed by atoms with van der Waals surface area (Å²) in [6.07, 6.45) is 0. The van der Waals surface area contributed by atoms with Gasteiger partial charge in [-0.1, -0.05) is 17.7 Å². The normalized spacial score (nSPS) is 10.0. The fraction of sp³-hybridized carbons (Fsp3) is 0.235. The van der Waals surface area contributed by atoms with Gasteiger partial charge in [-0.2, -0.15) is 0 Å². The Morgan fingerprint density at radius 3 is 2.10 bits per heavy atom. The highest BCUT2D eigenvalue weighted by Crippen LogP contribution is 2.17. The van der Waals surface area contributed by atoms with Gasteiger partial charge in [-0.15, -0.1) is 0 Å². The number of carbonyl (C=O) groups is 1. The van der Waals surface area contributed by atoms with Crippen LogP contribution >= 0.6 is 0 Å². The van der Waals surface area contributed by atoms with E-state index in [2.05, 4.69) is 5.32 Å². The number of rotatable bonds is 6.